The Morgan fingerprint density at radius 3 is 2.25 bits per heavy atom. The van der Waals surface area contributed by atoms with E-state index in [0.717, 1.165) is 12.8 Å². The molecule has 0 bridgehead atoms. The molecular weight excluding hydrogens is 811 g/mol. The number of ether oxygens (including phenoxy) is 2. The molecule has 0 aromatic heterocycles. The van der Waals surface area contributed by atoms with Gasteiger partial charge in [-0.3, -0.25) is 9.59 Å². The van der Waals surface area contributed by atoms with Crippen LogP contribution in [0.2, 0.25) is 10.0 Å². The number of aliphatic hydroxyl groups excluding tert-OH is 1. The number of carbonyl (C=O) groups is 2. The number of aliphatic hydroxyl groups is 1. The van der Waals surface area contributed by atoms with Crippen LogP contribution < -0.4 is 5.32 Å². The first-order chi connectivity index (χ1) is 26.0. The van der Waals surface area contributed by atoms with Crippen molar-refractivity contribution in [2.75, 3.05) is 59.1 Å². The number of rotatable bonds is 11. The molecule has 306 valence electrons. The Kier molecular flexibility index (Phi) is 14.0. The largest absolute Gasteiger partial charge is 0.416 e. The summed E-state index contributed by atoms with van der Waals surface area (Å²) in [6.07, 6.45) is -7.58. The summed E-state index contributed by atoms with van der Waals surface area (Å²) in [6.45, 7) is 1.74. The summed E-state index contributed by atoms with van der Waals surface area (Å²) in [4.78, 5) is 29.7. The molecule has 8 nitrogen and oxygen atoms in total. The van der Waals surface area contributed by atoms with E-state index in [1.165, 1.54) is 16.0 Å². The molecule has 3 aromatic carbocycles. The van der Waals surface area contributed by atoms with Gasteiger partial charge in [-0.25, -0.2) is 0 Å². The highest BCUT2D eigenvalue weighted by Gasteiger charge is 2.50. The van der Waals surface area contributed by atoms with Gasteiger partial charge in [-0.2, -0.15) is 26.3 Å². The van der Waals surface area contributed by atoms with Gasteiger partial charge in [-0.1, -0.05) is 53.5 Å². The number of carbonyl (C=O) groups excluding carboxylic acids is 2. The van der Waals surface area contributed by atoms with Crippen molar-refractivity contribution in [2.24, 2.45) is 0 Å². The van der Waals surface area contributed by atoms with E-state index in [-0.39, 0.29) is 78.9 Å². The first-order valence-corrected chi connectivity index (χ1v) is 18.8. The molecule has 0 saturated carbocycles. The highest BCUT2D eigenvalue weighted by Crippen LogP contribution is 2.48. The van der Waals surface area contributed by atoms with Crippen molar-refractivity contribution in [1.29, 1.82) is 0 Å². The molecule has 2 fully saturated rings. The standard InChI is InChI=1S/C39H41Cl2F6N3O5.ClH/c40-31-7-6-27(22-32(31)41)37(24-50(15-17-55-37)35(53)26-18-28(38(42,43)44)21-29(19-26)39(45,46)47)10-14-49-12-8-36(9-13-49)30-5-2-1-4-25(30)20-33(36)54-23-34(52)48-11-3-16-51;/h1-2,4-7,18-19,21-22,33,51H,3,8-17,20,23-24H2,(H,48,52);1H/t33-,37-;/m0./s1. The van der Waals surface area contributed by atoms with E-state index >= 15 is 0 Å². The van der Waals surface area contributed by atoms with E-state index in [4.69, 9.17) is 37.8 Å². The number of alkyl halides is 6. The van der Waals surface area contributed by atoms with Crippen LogP contribution in [0.15, 0.2) is 60.7 Å². The van der Waals surface area contributed by atoms with Crippen LogP contribution in [-0.2, 0) is 44.1 Å². The maximum absolute atomic E-state index is 13.8. The molecule has 2 N–H and O–H groups in total. The summed E-state index contributed by atoms with van der Waals surface area (Å²) in [5.74, 6) is -1.24. The zero-order valence-electron chi connectivity index (χ0n) is 30.2. The first-order valence-electron chi connectivity index (χ1n) is 18.0. The van der Waals surface area contributed by atoms with E-state index in [0.29, 0.717) is 63.1 Å². The van der Waals surface area contributed by atoms with Crippen molar-refractivity contribution in [2.45, 2.75) is 61.6 Å². The van der Waals surface area contributed by atoms with Crippen LogP contribution in [0.3, 0.4) is 0 Å². The predicted octanol–water partition coefficient (Wildman–Crippen LogP) is 7.68. The number of halogens is 9. The van der Waals surface area contributed by atoms with Gasteiger partial charge in [0, 0.05) is 37.2 Å². The number of piperidine rings is 1. The number of amides is 2. The number of nitrogens with zero attached hydrogens (tertiary/aromatic N) is 2. The number of benzene rings is 3. The van der Waals surface area contributed by atoms with Gasteiger partial charge in [0.25, 0.3) is 5.91 Å². The fourth-order valence-electron chi connectivity index (χ4n) is 8.08. The van der Waals surface area contributed by atoms with Crippen LogP contribution in [0.5, 0.6) is 0 Å². The van der Waals surface area contributed by atoms with Crippen LogP contribution in [0.25, 0.3) is 0 Å². The summed E-state index contributed by atoms with van der Waals surface area (Å²) in [5.41, 5.74) is -2.50. The molecule has 56 heavy (non-hydrogen) atoms. The minimum atomic E-state index is -5.11. The van der Waals surface area contributed by atoms with Crippen LogP contribution in [0, 0.1) is 0 Å². The first kappa shape index (κ1) is 44.0. The Morgan fingerprint density at radius 2 is 1.61 bits per heavy atom. The molecular formula is C39H42Cl3F6N3O5. The number of nitrogens with one attached hydrogen (secondary N) is 1. The lowest BCUT2D eigenvalue weighted by molar-refractivity contribution is -0.143. The average molecular weight is 853 g/mol. The number of hydrogen-bond donors (Lipinski definition) is 2. The summed E-state index contributed by atoms with van der Waals surface area (Å²) in [6, 6.07) is 13.9. The predicted molar refractivity (Wildman–Crippen MR) is 200 cm³/mol. The summed E-state index contributed by atoms with van der Waals surface area (Å²) in [5, 5.41) is 12.3. The number of morpholine rings is 1. The third kappa shape index (κ3) is 9.60. The Bertz CT molecular complexity index is 1840. The topological polar surface area (TPSA) is 91.3 Å². The molecule has 0 radical (unpaired) electrons. The van der Waals surface area contributed by atoms with E-state index < -0.39 is 40.6 Å². The molecule has 1 spiro atoms. The van der Waals surface area contributed by atoms with Gasteiger partial charge in [0.2, 0.25) is 5.91 Å². The molecule has 17 heteroatoms. The zero-order chi connectivity index (χ0) is 39.6. The highest BCUT2D eigenvalue weighted by atomic mass is 35.5. The van der Waals surface area contributed by atoms with Crippen molar-refractivity contribution >= 4 is 47.4 Å². The highest BCUT2D eigenvalue weighted by molar-refractivity contribution is 6.42. The van der Waals surface area contributed by atoms with Gasteiger partial charge in [0.1, 0.15) is 12.2 Å². The smallest absolute Gasteiger partial charge is 0.396 e. The summed E-state index contributed by atoms with van der Waals surface area (Å²) >= 11 is 12.7. The molecule has 2 atom stereocenters. The van der Waals surface area contributed by atoms with Gasteiger partial charge in [0.05, 0.1) is 40.4 Å². The molecule has 3 aliphatic rings. The van der Waals surface area contributed by atoms with Crippen molar-refractivity contribution in [3.8, 4) is 0 Å². The minimum Gasteiger partial charge on any atom is -0.396 e. The second-order valence-corrected chi connectivity index (χ2v) is 15.1. The quantitative estimate of drug-likeness (QED) is 0.152. The molecule has 2 heterocycles. The Labute approximate surface area is 336 Å². The molecule has 6 rings (SSSR count). The van der Waals surface area contributed by atoms with Crippen LogP contribution >= 0.6 is 35.6 Å². The lowest BCUT2D eigenvalue weighted by Gasteiger charge is -2.46. The molecule has 2 saturated heterocycles. The minimum absolute atomic E-state index is 0. The van der Waals surface area contributed by atoms with E-state index in [9.17, 15) is 35.9 Å². The third-order valence-electron chi connectivity index (χ3n) is 11.0. The fraction of sp³-hybridized carbons (Fsp3) is 0.487. The second kappa shape index (κ2) is 17.8. The SMILES string of the molecule is Cl.O=C(CO[C@H]1Cc2ccccc2C12CCN(CC[C@@]1(c3ccc(Cl)c(Cl)c3)CN(C(=O)c3cc(C(F)(F)F)cc(C(F)(F)F)c3)CCO1)CC2)NCCCO. The van der Waals surface area contributed by atoms with Gasteiger partial charge in [-0.05, 0) is 92.2 Å². The van der Waals surface area contributed by atoms with Crippen molar-refractivity contribution < 1.29 is 50.5 Å². The van der Waals surface area contributed by atoms with Crippen LogP contribution in [-0.4, -0.2) is 91.9 Å². The average Bonchev–Trinajstić information content (AvgIpc) is 3.46. The monoisotopic (exact) mass is 851 g/mol. The van der Waals surface area contributed by atoms with Crippen molar-refractivity contribution in [3.63, 3.8) is 0 Å². The Morgan fingerprint density at radius 1 is 0.929 bits per heavy atom. The number of likely N-dealkylation sites (tertiary alicyclic amines) is 1. The molecule has 0 unspecified atom stereocenters. The van der Waals surface area contributed by atoms with Crippen molar-refractivity contribution in [1.82, 2.24) is 15.1 Å². The Balaban J connectivity index is 0.00000600. The van der Waals surface area contributed by atoms with Gasteiger partial charge in [-0.15, -0.1) is 12.4 Å². The van der Waals surface area contributed by atoms with E-state index in [2.05, 4.69) is 22.3 Å². The number of hydrogen-bond acceptors (Lipinski definition) is 6. The maximum Gasteiger partial charge on any atom is 0.416 e. The summed E-state index contributed by atoms with van der Waals surface area (Å²) < 4.78 is 94.7. The van der Waals surface area contributed by atoms with E-state index in [1.807, 2.05) is 12.1 Å². The third-order valence-corrected chi connectivity index (χ3v) is 11.7. The molecule has 2 amide bonds. The van der Waals surface area contributed by atoms with Crippen molar-refractivity contribution in [3.05, 3.63) is 104 Å². The maximum atomic E-state index is 13.8. The lowest BCUT2D eigenvalue weighted by Crippen LogP contribution is -2.54. The normalized spacial score (nSPS) is 21.1. The van der Waals surface area contributed by atoms with E-state index in [1.54, 1.807) is 18.2 Å². The molecule has 2 aliphatic heterocycles. The van der Waals surface area contributed by atoms with Crippen LogP contribution in [0.4, 0.5) is 26.3 Å². The lowest BCUT2D eigenvalue weighted by atomic mass is 9.72. The second-order valence-electron chi connectivity index (χ2n) is 14.3. The van der Waals surface area contributed by atoms with Crippen LogP contribution in [0.1, 0.15) is 63.9 Å². The van der Waals surface area contributed by atoms with Gasteiger partial charge >= 0.3 is 12.4 Å². The Hall–Kier alpha value is -3.11. The summed E-state index contributed by atoms with van der Waals surface area (Å²) in [7, 11) is 0. The van der Waals surface area contributed by atoms with Gasteiger partial charge < -0.3 is 29.7 Å². The van der Waals surface area contributed by atoms with Gasteiger partial charge in [0.15, 0.2) is 0 Å². The molecule has 1 aliphatic carbocycles. The molecule has 3 aromatic rings. The number of fused-ring (bicyclic) bond motifs is 2. The zero-order valence-corrected chi connectivity index (χ0v) is 32.5. The fourth-order valence-corrected chi connectivity index (χ4v) is 8.38.